The Balaban J connectivity index is 0.000000450. The van der Waals surface area contributed by atoms with Gasteiger partial charge in [0, 0.05) is 11.9 Å². The second-order valence-corrected chi connectivity index (χ2v) is 5.35. The Labute approximate surface area is 146 Å². The van der Waals surface area contributed by atoms with Gasteiger partial charge in [-0.1, -0.05) is 36.4 Å². The lowest BCUT2D eigenvalue weighted by Gasteiger charge is -2.11. The normalized spacial score (nSPS) is 10.2. The lowest BCUT2D eigenvalue weighted by molar-refractivity contribution is -0.159. The number of likely N-dealkylation sites (N-methyl/N-ethyl adjacent to an activating group) is 1. The molecule has 0 unspecified atom stereocenters. The van der Waals surface area contributed by atoms with Gasteiger partial charge in [-0.05, 0) is 25.5 Å². The minimum atomic E-state index is -1.82. The van der Waals surface area contributed by atoms with Crippen LogP contribution in [0.25, 0.3) is 10.8 Å². The van der Waals surface area contributed by atoms with Crippen molar-refractivity contribution in [3.05, 3.63) is 42.5 Å². The van der Waals surface area contributed by atoms with Crippen LogP contribution in [0.2, 0.25) is 0 Å². The average molecular weight is 349 g/mol. The van der Waals surface area contributed by atoms with Crippen LogP contribution in [0.4, 0.5) is 0 Å². The Morgan fingerprint density at radius 3 is 2.20 bits per heavy atom. The van der Waals surface area contributed by atoms with Crippen LogP contribution in [-0.2, 0) is 14.3 Å². The number of hydrogen-bond acceptors (Lipinski definition) is 5. The van der Waals surface area contributed by atoms with Crippen LogP contribution >= 0.6 is 0 Å². The fraction of sp³-hybridized carbons (Fsp3) is 0.333. The number of hydrogen-bond donors (Lipinski definition) is 2. The maximum Gasteiger partial charge on any atom is 0.414 e. The first kappa shape index (κ1) is 20.4. The molecule has 0 saturated heterocycles. The number of nitrogens with zero attached hydrogens (tertiary/aromatic N) is 1. The number of carbonyl (C=O) groups is 2. The van der Waals surface area contributed by atoms with Gasteiger partial charge in [0.1, 0.15) is 12.4 Å². The van der Waals surface area contributed by atoms with Crippen LogP contribution in [-0.4, -0.2) is 67.5 Å². The topological polar surface area (TPSA) is 96.3 Å². The van der Waals surface area contributed by atoms with Gasteiger partial charge in [-0.25, -0.2) is 9.59 Å². The smallest absolute Gasteiger partial charge is 0.414 e. The predicted molar refractivity (Wildman–Crippen MR) is 94.1 cm³/mol. The van der Waals surface area contributed by atoms with Crippen LogP contribution in [0.1, 0.15) is 0 Å². The Bertz CT molecular complexity index is 669. The maximum atomic E-state index is 9.10. The van der Waals surface area contributed by atoms with E-state index in [2.05, 4.69) is 23.1 Å². The monoisotopic (exact) mass is 349 g/mol. The molecule has 136 valence electrons. The molecule has 0 spiro atoms. The molecule has 0 radical (unpaired) electrons. The minimum Gasteiger partial charge on any atom is -0.491 e. The summed E-state index contributed by atoms with van der Waals surface area (Å²) in [6, 6.07) is 14.4. The third-order valence-corrected chi connectivity index (χ3v) is 3.10. The van der Waals surface area contributed by atoms with Crippen molar-refractivity contribution >= 4 is 22.7 Å². The molecule has 0 aromatic heterocycles. The van der Waals surface area contributed by atoms with Gasteiger partial charge in [0.25, 0.3) is 0 Å². The highest BCUT2D eigenvalue weighted by Gasteiger charge is 2.04. The molecule has 0 aliphatic heterocycles. The second kappa shape index (κ2) is 11.0. The molecule has 0 fully saturated rings. The molecular formula is C18H23NO6. The van der Waals surface area contributed by atoms with E-state index in [0.29, 0.717) is 13.2 Å². The first-order chi connectivity index (χ1) is 11.9. The van der Waals surface area contributed by atoms with E-state index in [0.717, 1.165) is 24.3 Å². The number of carboxylic acid groups (broad SMARTS) is 2. The number of carboxylic acids is 2. The summed E-state index contributed by atoms with van der Waals surface area (Å²) in [4.78, 5) is 20.3. The number of fused-ring (bicyclic) bond motifs is 1. The predicted octanol–water partition coefficient (Wildman–Crippen LogP) is 1.95. The first-order valence-corrected chi connectivity index (χ1v) is 7.71. The zero-order valence-electron chi connectivity index (χ0n) is 14.3. The van der Waals surface area contributed by atoms with Gasteiger partial charge in [-0.15, -0.1) is 0 Å². The van der Waals surface area contributed by atoms with Crippen molar-refractivity contribution in [3.8, 4) is 5.75 Å². The van der Waals surface area contributed by atoms with E-state index in [1.165, 1.54) is 5.39 Å². The summed E-state index contributed by atoms with van der Waals surface area (Å²) in [5.74, 6) is -2.72. The van der Waals surface area contributed by atoms with Crippen molar-refractivity contribution in [2.24, 2.45) is 0 Å². The molecule has 2 rings (SSSR count). The van der Waals surface area contributed by atoms with Gasteiger partial charge in [0.2, 0.25) is 0 Å². The largest absolute Gasteiger partial charge is 0.491 e. The highest BCUT2D eigenvalue weighted by Crippen LogP contribution is 2.24. The molecule has 0 bridgehead atoms. The van der Waals surface area contributed by atoms with E-state index in [4.69, 9.17) is 29.3 Å². The van der Waals surface area contributed by atoms with E-state index < -0.39 is 11.9 Å². The molecule has 0 amide bonds. The van der Waals surface area contributed by atoms with Gasteiger partial charge >= 0.3 is 11.9 Å². The molecule has 2 aromatic carbocycles. The van der Waals surface area contributed by atoms with Crippen molar-refractivity contribution in [2.75, 3.05) is 40.5 Å². The SMILES string of the molecule is CN(C)CCOCCOc1cccc2ccccc12.O=C(O)C(=O)O. The van der Waals surface area contributed by atoms with Crippen molar-refractivity contribution in [3.63, 3.8) is 0 Å². The zero-order chi connectivity index (χ0) is 18.7. The van der Waals surface area contributed by atoms with Gasteiger partial charge in [0.15, 0.2) is 0 Å². The molecule has 0 atom stereocenters. The van der Waals surface area contributed by atoms with Crippen LogP contribution in [0.3, 0.4) is 0 Å². The summed E-state index contributed by atoms with van der Waals surface area (Å²) < 4.78 is 11.3. The summed E-state index contributed by atoms with van der Waals surface area (Å²) in [5, 5.41) is 17.1. The number of aliphatic carboxylic acids is 2. The maximum absolute atomic E-state index is 9.10. The van der Waals surface area contributed by atoms with E-state index >= 15 is 0 Å². The fourth-order valence-corrected chi connectivity index (χ4v) is 1.88. The lowest BCUT2D eigenvalue weighted by Crippen LogP contribution is -2.19. The minimum absolute atomic E-state index is 0.585. The highest BCUT2D eigenvalue weighted by molar-refractivity contribution is 6.27. The van der Waals surface area contributed by atoms with E-state index in [9.17, 15) is 0 Å². The van der Waals surface area contributed by atoms with Crippen molar-refractivity contribution < 1.29 is 29.3 Å². The summed E-state index contributed by atoms with van der Waals surface area (Å²) in [6.07, 6.45) is 0. The number of rotatable bonds is 7. The van der Waals surface area contributed by atoms with Gasteiger partial charge in [-0.3, -0.25) is 0 Å². The van der Waals surface area contributed by atoms with E-state index in [1.807, 2.05) is 38.4 Å². The molecule has 7 heteroatoms. The standard InChI is InChI=1S/C16H21NO2.C2H2O4/c1-17(2)10-11-18-12-13-19-16-9-5-7-14-6-3-4-8-15(14)16;3-1(4)2(5)6/h3-9H,10-13H2,1-2H3;(H,3,4)(H,5,6). The molecule has 7 nitrogen and oxygen atoms in total. The Hall–Kier alpha value is -2.64. The van der Waals surface area contributed by atoms with Gasteiger partial charge in [-0.2, -0.15) is 0 Å². The first-order valence-electron chi connectivity index (χ1n) is 7.71. The van der Waals surface area contributed by atoms with Crippen molar-refractivity contribution in [2.45, 2.75) is 0 Å². The second-order valence-electron chi connectivity index (χ2n) is 5.35. The molecule has 0 saturated carbocycles. The summed E-state index contributed by atoms with van der Waals surface area (Å²) in [5.41, 5.74) is 0. The third-order valence-electron chi connectivity index (χ3n) is 3.10. The Morgan fingerprint density at radius 1 is 0.920 bits per heavy atom. The van der Waals surface area contributed by atoms with Crippen molar-refractivity contribution in [1.29, 1.82) is 0 Å². The third kappa shape index (κ3) is 8.14. The van der Waals surface area contributed by atoms with E-state index in [1.54, 1.807) is 0 Å². The molecule has 2 N–H and O–H groups in total. The Kier molecular flexibility index (Phi) is 8.99. The zero-order valence-corrected chi connectivity index (χ0v) is 14.3. The quantitative estimate of drug-likeness (QED) is 0.582. The van der Waals surface area contributed by atoms with Crippen LogP contribution in [0, 0.1) is 0 Å². The average Bonchev–Trinajstić information content (AvgIpc) is 2.58. The summed E-state index contributed by atoms with van der Waals surface area (Å²) in [6.45, 7) is 2.89. The molecule has 25 heavy (non-hydrogen) atoms. The van der Waals surface area contributed by atoms with Gasteiger partial charge in [0.05, 0.1) is 13.2 Å². The highest BCUT2D eigenvalue weighted by atomic mass is 16.5. The molecule has 0 aliphatic rings. The van der Waals surface area contributed by atoms with Crippen LogP contribution in [0.5, 0.6) is 5.75 Å². The summed E-state index contributed by atoms with van der Waals surface area (Å²) in [7, 11) is 4.08. The lowest BCUT2D eigenvalue weighted by atomic mass is 10.1. The molecule has 0 aliphatic carbocycles. The van der Waals surface area contributed by atoms with Crippen LogP contribution < -0.4 is 4.74 Å². The van der Waals surface area contributed by atoms with Crippen molar-refractivity contribution in [1.82, 2.24) is 4.90 Å². The fourth-order valence-electron chi connectivity index (χ4n) is 1.88. The summed E-state index contributed by atoms with van der Waals surface area (Å²) >= 11 is 0. The number of benzene rings is 2. The van der Waals surface area contributed by atoms with Crippen LogP contribution in [0.15, 0.2) is 42.5 Å². The van der Waals surface area contributed by atoms with E-state index in [-0.39, 0.29) is 0 Å². The Morgan fingerprint density at radius 2 is 1.56 bits per heavy atom. The molecule has 2 aromatic rings. The molecule has 0 heterocycles. The number of ether oxygens (including phenoxy) is 2. The molecular weight excluding hydrogens is 326 g/mol. The van der Waals surface area contributed by atoms with Gasteiger partial charge < -0.3 is 24.6 Å².